The lowest BCUT2D eigenvalue weighted by Gasteiger charge is -2.17. The molecule has 0 spiro atoms. The second kappa shape index (κ2) is 7.50. The second-order valence-corrected chi connectivity index (χ2v) is 4.41. The summed E-state index contributed by atoms with van der Waals surface area (Å²) in [6.45, 7) is 5.28. The fourth-order valence-corrected chi connectivity index (χ4v) is 1.83. The van der Waals surface area contributed by atoms with Crippen LogP contribution >= 0.6 is 15.9 Å². The molecule has 1 rings (SSSR count). The van der Waals surface area contributed by atoms with Gasteiger partial charge in [0.05, 0.1) is 4.47 Å². The molecule has 0 aliphatic rings. The number of hydrogen-bond donors (Lipinski definition) is 1. The first-order valence-corrected chi connectivity index (χ1v) is 6.60. The fraction of sp³-hybridized carbons (Fsp3) is 0.636. The van der Waals surface area contributed by atoms with Crippen LogP contribution in [-0.2, 0) is 16.0 Å². The third kappa shape index (κ3) is 4.40. The van der Waals surface area contributed by atoms with Crippen LogP contribution in [0.25, 0.3) is 0 Å². The minimum Gasteiger partial charge on any atom is -0.353 e. The van der Waals surface area contributed by atoms with Crippen molar-refractivity contribution in [2.24, 2.45) is 0 Å². The fourth-order valence-electron chi connectivity index (χ4n) is 1.48. The van der Waals surface area contributed by atoms with Gasteiger partial charge in [0.25, 0.3) is 5.56 Å². The summed E-state index contributed by atoms with van der Waals surface area (Å²) in [4.78, 5) is 24.9. The van der Waals surface area contributed by atoms with Gasteiger partial charge in [-0.1, -0.05) is 0 Å². The smallest absolute Gasteiger partial charge is 0.328 e. The highest BCUT2D eigenvalue weighted by molar-refractivity contribution is 9.10. The molecule has 0 amide bonds. The van der Waals surface area contributed by atoms with Crippen LogP contribution in [0.3, 0.4) is 0 Å². The monoisotopic (exact) mass is 320 g/mol. The maximum Gasteiger partial charge on any atom is 0.328 e. The molecular weight excluding hydrogens is 304 g/mol. The molecule has 1 heterocycles. The SMILES string of the molecule is CCOC(CCn1cc(Br)c(=O)[nH]c1=O)OCC. The number of aromatic nitrogens is 2. The van der Waals surface area contributed by atoms with E-state index in [1.165, 1.54) is 10.8 Å². The van der Waals surface area contributed by atoms with E-state index in [2.05, 4.69) is 20.9 Å². The number of rotatable bonds is 7. The van der Waals surface area contributed by atoms with Gasteiger partial charge >= 0.3 is 5.69 Å². The molecule has 0 fully saturated rings. The molecule has 6 nitrogen and oxygen atoms in total. The Balaban J connectivity index is 2.70. The molecule has 0 aliphatic heterocycles. The third-order valence-electron chi connectivity index (χ3n) is 2.28. The highest BCUT2D eigenvalue weighted by atomic mass is 79.9. The van der Waals surface area contributed by atoms with Gasteiger partial charge in [-0.05, 0) is 29.8 Å². The first-order valence-electron chi connectivity index (χ1n) is 5.81. The van der Waals surface area contributed by atoms with Crippen LogP contribution in [0.5, 0.6) is 0 Å². The van der Waals surface area contributed by atoms with Crippen LogP contribution in [0, 0.1) is 0 Å². The zero-order valence-electron chi connectivity index (χ0n) is 10.4. The van der Waals surface area contributed by atoms with Gasteiger partial charge < -0.3 is 9.47 Å². The zero-order valence-corrected chi connectivity index (χ0v) is 12.0. The number of H-pyrrole nitrogens is 1. The van der Waals surface area contributed by atoms with Crippen LogP contribution in [0.2, 0.25) is 0 Å². The summed E-state index contributed by atoms with van der Waals surface area (Å²) < 4.78 is 12.5. The summed E-state index contributed by atoms with van der Waals surface area (Å²) in [5.41, 5.74) is -0.864. The topological polar surface area (TPSA) is 73.3 Å². The minimum atomic E-state index is -0.435. The Bertz CT molecular complexity index is 477. The predicted molar refractivity (Wildman–Crippen MR) is 70.7 cm³/mol. The van der Waals surface area contributed by atoms with E-state index in [0.29, 0.717) is 30.7 Å². The van der Waals surface area contributed by atoms with E-state index in [1.54, 1.807) is 0 Å². The molecule has 1 aromatic rings. The van der Waals surface area contributed by atoms with Crippen LogP contribution in [0.4, 0.5) is 0 Å². The summed E-state index contributed by atoms with van der Waals surface area (Å²) >= 11 is 3.08. The largest absolute Gasteiger partial charge is 0.353 e. The van der Waals surface area contributed by atoms with Crippen molar-refractivity contribution in [3.63, 3.8) is 0 Å². The molecule has 0 aromatic carbocycles. The second-order valence-electron chi connectivity index (χ2n) is 3.56. The molecule has 1 aromatic heterocycles. The molecule has 1 N–H and O–H groups in total. The number of ether oxygens (including phenoxy) is 2. The van der Waals surface area contributed by atoms with Gasteiger partial charge in [0.15, 0.2) is 6.29 Å². The Labute approximate surface area is 113 Å². The van der Waals surface area contributed by atoms with Crippen molar-refractivity contribution < 1.29 is 9.47 Å². The summed E-state index contributed by atoms with van der Waals surface area (Å²) in [6, 6.07) is 0. The van der Waals surface area contributed by atoms with Crippen molar-refractivity contribution >= 4 is 15.9 Å². The molecule has 0 atom stereocenters. The van der Waals surface area contributed by atoms with E-state index >= 15 is 0 Å². The average molecular weight is 321 g/mol. The van der Waals surface area contributed by atoms with E-state index in [4.69, 9.17) is 9.47 Å². The molecule has 0 radical (unpaired) electrons. The van der Waals surface area contributed by atoms with Crippen LogP contribution in [-0.4, -0.2) is 29.1 Å². The summed E-state index contributed by atoms with van der Waals surface area (Å²) in [5, 5.41) is 0. The van der Waals surface area contributed by atoms with Gasteiger partial charge in [0.1, 0.15) is 0 Å². The number of halogens is 1. The van der Waals surface area contributed by atoms with Gasteiger partial charge in [0.2, 0.25) is 0 Å². The normalized spacial score (nSPS) is 11.1. The van der Waals surface area contributed by atoms with Crippen molar-refractivity contribution in [3.05, 3.63) is 31.5 Å². The highest BCUT2D eigenvalue weighted by Gasteiger charge is 2.09. The highest BCUT2D eigenvalue weighted by Crippen LogP contribution is 2.04. The number of nitrogens with zero attached hydrogens (tertiary/aromatic N) is 1. The summed E-state index contributed by atoms with van der Waals surface area (Å²) in [6.07, 6.45) is 1.67. The lowest BCUT2D eigenvalue weighted by molar-refractivity contribution is -0.141. The first-order chi connectivity index (χ1) is 8.58. The van der Waals surface area contributed by atoms with Crippen LogP contribution in [0.1, 0.15) is 20.3 Å². The molecule has 0 saturated heterocycles. The van der Waals surface area contributed by atoms with Crippen molar-refractivity contribution in [1.82, 2.24) is 9.55 Å². The van der Waals surface area contributed by atoms with Crippen molar-refractivity contribution in [2.75, 3.05) is 13.2 Å². The Morgan fingerprint density at radius 1 is 1.33 bits per heavy atom. The van der Waals surface area contributed by atoms with Crippen molar-refractivity contribution in [2.45, 2.75) is 33.1 Å². The van der Waals surface area contributed by atoms with Gasteiger partial charge in [-0.2, -0.15) is 0 Å². The number of hydrogen-bond acceptors (Lipinski definition) is 4. The van der Waals surface area contributed by atoms with E-state index in [1.807, 2.05) is 13.8 Å². The average Bonchev–Trinajstić information content (AvgIpc) is 2.32. The van der Waals surface area contributed by atoms with Gasteiger partial charge in [-0.3, -0.25) is 14.3 Å². The maximum atomic E-state index is 11.5. The van der Waals surface area contributed by atoms with Gasteiger partial charge in [-0.25, -0.2) is 4.79 Å². The predicted octanol–water partition coefficient (Wildman–Crippen LogP) is 1.09. The number of nitrogens with one attached hydrogen (secondary N) is 1. The summed E-state index contributed by atoms with van der Waals surface area (Å²) in [5.74, 6) is 0. The van der Waals surface area contributed by atoms with Gasteiger partial charge in [0, 0.05) is 32.4 Å². The lowest BCUT2D eigenvalue weighted by atomic mass is 10.4. The van der Waals surface area contributed by atoms with E-state index in [9.17, 15) is 9.59 Å². The Kier molecular flexibility index (Phi) is 6.31. The van der Waals surface area contributed by atoms with Crippen molar-refractivity contribution in [1.29, 1.82) is 0 Å². The Hall–Kier alpha value is -0.920. The minimum absolute atomic E-state index is 0.325. The number of aryl methyl sites for hydroxylation is 1. The van der Waals surface area contributed by atoms with E-state index in [-0.39, 0.29) is 6.29 Å². The van der Waals surface area contributed by atoms with E-state index < -0.39 is 11.2 Å². The standard InChI is InChI=1S/C11H17BrN2O4/c1-3-17-9(18-4-2)5-6-14-7-8(12)10(15)13-11(14)16/h7,9H,3-6H2,1-2H3,(H,13,15,16). The molecular formula is C11H17BrN2O4. The van der Waals surface area contributed by atoms with E-state index in [0.717, 1.165) is 0 Å². The molecule has 7 heteroatoms. The summed E-state index contributed by atoms with van der Waals surface area (Å²) in [7, 11) is 0. The van der Waals surface area contributed by atoms with Crippen LogP contribution < -0.4 is 11.2 Å². The molecule has 18 heavy (non-hydrogen) atoms. The quantitative estimate of drug-likeness (QED) is 0.763. The first kappa shape index (κ1) is 15.1. The molecule has 0 saturated carbocycles. The molecule has 0 unspecified atom stereocenters. The van der Waals surface area contributed by atoms with Crippen molar-refractivity contribution in [3.8, 4) is 0 Å². The maximum absolute atomic E-state index is 11.5. The third-order valence-corrected chi connectivity index (χ3v) is 2.84. The Morgan fingerprint density at radius 3 is 2.50 bits per heavy atom. The van der Waals surface area contributed by atoms with Gasteiger partial charge in [-0.15, -0.1) is 0 Å². The molecule has 0 bridgehead atoms. The van der Waals surface area contributed by atoms with Crippen LogP contribution in [0.15, 0.2) is 20.3 Å². The Morgan fingerprint density at radius 2 is 1.94 bits per heavy atom. The zero-order chi connectivity index (χ0) is 13.5. The molecule has 102 valence electrons. The lowest BCUT2D eigenvalue weighted by Crippen LogP contribution is -2.31. The molecule has 0 aliphatic carbocycles. The number of aromatic amines is 1.